The van der Waals surface area contributed by atoms with Crippen LogP contribution < -0.4 is 5.32 Å². The minimum Gasteiger partial charge on any atom is -0.444 e. The van der Waals surface area contributed by atoms with E-state index in [2.05, 4.69) is 10.3 Å². The van der Waals surface area contributed by atoms with Crippen molar-refractivity contribution in [1.29, 1.82) is 0 Å². The predicted molar refractivity (Wildman–Crippen MR) is 141 cm³/mol. The topological polar surface area (TPSA) is 112 Å². The molecule has 1 heterocycles. The van der Waals surface area contributed by atoms with Crippen molar-refractivity contribution in [2.45, 2.75) is 69.8 Å². The number of benzene rings is 2. The van der Waals surface area contributed by atoms with Crippen molar-refractivity contribution in [3.63, 3.8) is 0 Å². The smallest absolute Gasteiger partial charge is 0.407 e. The molecule has 4 N–H and O–H groups in total. The summed E-state index contributed by atoms with van der Waals surface area (Å²) in [6.45, 7) is 5.01. The van der Waals surface area contributed by atoms with Gasteiger partial charge in [0.05, 0.1) is 28.6 Å². The van der Waals surface area contributed by atoms with Gasteiger partial charge in [-0.25, -0.2) is 9.78 Å². The van der Waals surface area contributed by atoms with E-state index in [1.165, 1.54) is 11.3 Å². The van der Waals surface area contributed by atoms with Crippen LogP contribution in [-0.4, -0.2) is 50.8 Å². The number of hydrogen-bond acceptors (Lipinski definition) is 7. The molecule has 2 aromatic carbocycles. The van der Waals surface area contributed by atoms with Gasteiger partial charge < -0.3 is 25.4 Å². The Morgan fingerprint density at radius 2 is 1.58 bits per heavy atom. The Bertz CT molecular complexity index is 1070. The van der Waals surface area contributed by atoms with Gasteiger partial charge in [-0.15, -0.1) is 11.3 Å². The number of rotatable bonds is 11. The SMILES string of the molecule is CC(C)(C)OC(=O)N[C@@H](Cc1ccccc1)[C@@H](O)CC(Cc1ccccc1)c1ncc([C@H](O)CO)s1. The summed E-state index contributed by atoms with van der Waals surface area (Å²) in [7, 11) is 0. The molecule has 0 radical (unpaired) electrons. The molecule has 0 bridgehead atoms. The highest BCUT2D eigenvalue weighted by atomic mass is 32.1. The second kappa shape index (κ2) is 13.0. The van der Waals surface area contributed by atoms with Gasteiger partial charge in [-0.3, -0.25) is 0 Å². The number of carbonyl (C=O) groups excluding carboxylic acids is 1. The number of aliphatic hydroxyl groups is 3. The van der Waals surface area contributed by atoms with Crippen molar-refractivity contribution in [2.24, 2.45) is 0 Å². The fourth-order valence-electron chi connectivity index (χ4n) is 3.97. The molecule has 1 amide bonds. The molecule has 0 spiro atoms. The van der Waals surface area contributed by atoms with Gasteiger partial charge in [0.1, 0.15) is 11.7 Å². The zero-order valence-electron chi connectivity index (χ0n) is 21.0. The van der Waals surface area contributed by atoms with Crippen molar-refractivity contribution in [3.8, 4) is 0 Å². The number of amides is 1. The molecule has 0 fully saturated rings. The maximum absolute atomic E-state index is 12.6. The monoisotopic (exact) mass is 512 g/mol. The zero-order chi connectivity index (χ0) is 26.1. The third-order valence-electron chi connectivity index (χ3n) is 5.71. The molecule has 1 unspecified atom stereocenters. The van der Waals surface area contributed by atoms with Crippen LogP contribution in [0.15, 0.2) is 66.9 Å². The van der Waals surface area contributed by atoms with Crippen molar-refractivity contribution >= 4 is 17.4 Å². The predicted octanol–water partition coefficient (Wildman–Crippen LogP) is 4.38. The first-order valence-electron chi connectivity index (χ1n) is 12.1. The van der Waals surface area contributed by atoms with Crippen LogP contribution in [-0.2, 0) is 17.6 Å². The number of nitrogens with one attached hydrogen (secondary N) is 1. The molecule has 0 saturated heterocycles. The number of nitrogens with zero attached hydrogens (tertiary/aromatic N) is 1. The van der Waals surface area contributed by atoms with Crippen molar-refractivity contribution in [3.05, 3.63) is 87.9 Å². The summed E-state index contributed by atoms with van der Waals surface area (Å²) in [5.74, 6) is -0.161. The minimum absolute atomic E-state index is 0.161. The van der Waals surface area contributed by atoms with E-state index in [-0.39, 0.29) is 12.5 Å². The first-order chi connectivity index (χ1) is 17.1. The fourth-order valence-corrected chi connectivity index (χ4v) is 4.98. The Kier molecular flexibility index (Phi) is 10.0. The first-order valence-corrected chi connectivity index (χ1v) is 13.0. The summed E-state index contributed by atoms with van der Waals surface area (Å²) >= 11 is 1.33. The average molecular weight is 513 g/mol. The lowest BCUT2D eigenvalue weighted by atomic mass is 9.89. The number of aliphatic hydroxyl groups excluding tert-OH is 3. The summed E-state index contributed by atoms with van der Waals surface area (Å²) in [6, 6.07) is 19.0. The van der Waals surface area contributed by atoms with Gasteiger partial charge in [0.15, 0.2) is 0 Å². The van der Waals surface area contributed by atoms with E-state index >= 15 is 0 Å². The van der Waals surface area contributed by atoms with Crippen LogP contribution in [0, 0.1) is 0 Å². The van der Waals surface area contributed by atoms with Crippen LogP contribution in [0.25, 0.3) is 0 Å². The maximum atomic E-state index is 12.6. The molecule has 3 rings (SSSR count). The third kappa shape index (κ3) is 8.71. The molecule has 194 valence electrons. The van der Waals surface area contributed by atoms with E-state index in [9.17, 15) is 20.1 Å². The Morgan fingerprint density at radius 1 is 1.00 bits per heavy atom. The Hall–Kier alpha value is -2.78. The van der Waals surface area contributed by atoms with Crippen LogP contribution in [0.2, 0.25) is 0 Å². The molecule has 8 heteroatoms. The summed E-state index contributed by atoms with van der Waals surface area (Å²) in [4.78, 5) is 17.7. The second-order valence-corrected chi connectivity index (χ2v) is 11.0. The van der Waals surface area contributed by atoms with Crippen molar-refractivity contribution < 1.29 is 24.9 Å². The highest BCUT2D eigenvalue weighted by molar-refractivity contribution is 7.11. The molecule has 3 aromatic rings. The second-order valence-electron chi connectivity index (χ2n) is 9.93. The highest BCUT2D eigenvalue weighted by Gasteiger charge is 2.29. The van der Waals surface area contributed by atoms with E-state index in [0.29, 0.717) is 24.1 Å². The van der Waals surface area contributed by atoms with Crippen LogP contribution >= 0.6 is 11.3 Å². The Balaban J connectivity index is 1.84. The molecule has 0 saturated carbocycles. The number of carbonyl (C=O) groups is 1. The van der Waals surface area contributed by atoms with E-state index in [1.807, 2.05) is 60.7 Å². The zero-order valence-corrected chi connectivity index (χ0v) is 21.8. The van der Waals surface area contributed by atoms with Gasteiger partial charge in [0.2, 0.25) is 0 Å². The Morgan fingerprint density at radius 3 is 2.14 bits per heavy atom. The quantitative estimate of drug-likeness (QED) is 0.303. The van der Waals surface area contributed by atoms with E-state index in [0.717, 1.165) is 16.1 Å². The fraction of sp³-hybridized carbons (Fsp3) is 0.429. The highest BCUT2D eigenvalue weighted by Crippen LogP contribution is 2.32. The van der Waals surface area contributed by atoms with Crippen LogP contribution in [0.1, 0.15) is 60.2 Å². The molecule has 1 aromatic heterocycles. The average Bonchev–Trinajstić information content (AvgIpc) is 3.33. The molecule has 4 atom stereocenters. The van der Waals surface area contributed by atoms with Gasteiger partial charge in [-0.1, -0.05) is 60.7 Å². The lowest BCUT2D eigenvalue weighted by molar-refractivity contribution is 0.0405. The lowest BCUT2D eigenvalue weighted by Crippen LogP contribution is -2.47. The summed E-state index contributed by atoms with van der Waals surface area (Å²) in [6.07, 6.45) is 0.524. The largest absolute Gasteiger partial charge is 0.444 e. The van der Waals surface area contributed by atoms with Crippen molar-refractivity contribution in [2.75, 3.05) is 6.61 Å². The molecule has 0 aliphatic rings. The van der Waals surface area contributed by atoms with Gasteiger partial charge in [-0.2, -0.15) is 0 Å². The summed E-state index contributed by atoms with van der Waals surface area (Å²) < 4.78 is 5.46. The first kappa shape index (κ1) is 27.8. The number of ether oxygens (including phenoxy) is 1. The van der Waals surface area contributed by atoms with Gasteiger partial charge in [0.25, 0.3) is 0 Å². The van der Waals surface area contributed by atoms with Crippen LogP contribution in [0.5, 0.6) is 0 Å². The molecule has 36 heavy (non-hydrogen) atoms. The van der Waals surface area contributed by atoms with E-state index < -0.39 is 29.9 Å². The molecule has 0 aliphatic heterocycles. The standard InChI is InChI=1S/C28H36N2O5S/c1-28(2,3)35-27(34)30-22(15-20-12-8-5-9-13-20)23(32)16-21(14-19-10-6-4-7-11-19)26-29-17-25(36-26)24(33)18-31/h4-13,17,21-24,31-33H,14-16,18H2,1-3H3,(H,30,34)/t21?,22-,23-,24+/m0/s1. The number of aromatic nitrogens is 1. The molecule has 7 nitrogen and oxygen atoms in total. The van der Waals surface area contributed by atoms with Gasteiger partial charge in [-0.05, 0) is 51.2 Å². The van der Waals surface area contributed by atoms with Crippen molar-refractivity contribution in [1.82, 2.24) is 10.3 Å². The lowest BCUT2D eigenvalue weighted by Gasteiger charge is -2.29. The number of alkyl carbamates (subject to hydrolysis) is 1. The maximum Gasteiger partial charge on any atom is 0.407 e. The number of hydrogen-bond donors (Lipinski definition) is 4. The molecular formula is C28H36N2O5S. The number of thiazole rings is 1. The van der Waals surface area contributed by atoms with Crippen LogP contribution in [0.3, 0.4) is 0 Å². The normalized spacial score (nSPS) is 15.1. The van der Waals surface area contributed by atoms with E-state index in [4.69, 9.17) is 4.74 Å². The third-order valence-corrected chi connectivity index (χ3v) is 6.97. The molecule has 0 aliphatic carbocycles. The van der Waals surface area contributed by atoms with Gasteiger partial charge >= 0.3 is 6.09 Å². The summed E-state index contributed by atoms with van der Waals surface area (Å²) in [5.41, 5.74) is 1.42. The van der Waals surface area contributed by atoms with Crippen LogP contribution in [0.4, 0.5) is 4.79 Å². The molecular weight excluding hydrogens is 476 g/mol. The van der Waals surface area contributed by atoms with E-state index in [1.54, 1.807) is 27.0 Å². The summed E-state index contributed by atoms with van der Waals surface area (Å²) in [5, 5.41) is 34.4. The van der Waals surface area contributed by atoms with Gasteiger partial charge in [0, 0.05) is 12.1 Å². The Labute approximate surface area is 216 Å². The minimum atomic E-state index is -0.988.